The predicted octanol–water partition coefficient (Wildman–Crippen LogP) is 2.80. The Morgan fingerprint density at radius 2 is 1.86 bits per heavy atom. The first-order valence-electron chi connectivity index (χ1n) is 10.5. The minimum absolute atomic E-state index is 0.0774. The number of carbonyl (C=O) groups is 1. The highest BCUT2D eigenvalue weighted by Crippen LogP contribution is 2.30. The van der Waals surface area contributed by atoms with Gasteiger partial charge in [-0.2, -0.15) is 0 Å². The summed E-state index contributed by atoms with van der Waals surface area (Å²) >= 11 is 0. The predicted molar refractivity (Wildman–Crippen MR) is 114 cm³/mol. The minimum Gasteiger partial charge on any atom is -0.355 e. The molecule has 3 aromatic heterocycles. The van der Waals surface area contributed by atoms with Crippen LogP contribution in [0, 0.1) is 5.92 Å². The number of aromatic nitrogens is 2. The number of carbonyl (C=O) groups excluding carboxylic acids is 1. The molecule has 0 atom stereocenters. The third-order valence-electron chi connectivity index (χ3n) is 5.96. The quantitative estimate of drug-likeness (QED) is 0.704. The lowest BCUT2D eigenvalue weighted by atomic mass is 10.2. The summed E-state index contributed by atoms with van der Waals surface area (Å²) in [5.74, 6) is 2.04. The van der Waals surface area contributed by atoms with Crippen molar-refractivity contribution in [3.05, 3.63) is 66.1 Å². The van der Waals surface area contributed by atoms with Gasteiger partial charge < -0.3 is 14.6 Å². The minimum atomic E-state index is -0.0774. The van der Waals surface area contributed by atoms with E-state index < -0.39 is 0 Å². The van der Waals surface area contributed by atoms with Crippen LogP contribution in [-0.2, 0) is 6.54 Å². The van der Waals surface area contributed by atoms with Crippen molar-refractivity contribution in [1.29, 1.82) is 0 Å². The average molecular weight is 390 g/mol. The first-order valence-corrected chi connectivity index (χ1v) is 10.5. The Bertz CT molecular complexity index is 987. The highest BCUT2D eigenvalue weighted by Gasteiger charge is 2.27. The van der Waals surface area contributed by atoms with E-state index in [-0.39, 0.29) is 5.91 Å². The van der Waals surface area contributed by atoms with E-state index in [0.29, 0.717) is 12.1 Å². The van der Waals surface area contributed by atoms with E-state index >= 15 is 0 Å². The van der Waals surface area contributed by atoms with Gasteiger partial charge in [-0.05, 0) is 55.2 Å². The van der Waals surface area contributed by atoms with E-state index in [1.807, 2.05) is 36.5 Å². The van der Waals surface area contributed by atoms with Gasteiger partial charge in [0.25, 0.3) is 5.91 Å². The Labute approximate surface area is 171 Å². The third kappa shape index (κ3) is 4.12. The molecule has 1 N–H and O–H groups in total. The molecule has 0 aromatic carbocycles. The molecule has 0 unspecified atom stereocenters. The van der Waals surface area contributed by atoms with Gasteiger partial charge in [0.2, 0.25) is 0 Å². The first kappa shape index (κ1) is 18.2. The monoisotopic (exact) mass is 389 g/mol. The van der Waals surface area contributed by atoms with Gasteiger partial charge in [0.05, 0.1) is 17.8 Å². The van der Waals surface area contributed by atoms with E-state index in [1.165, 1.54) is 25.2 Å². The lowest BCUT2D eigenvalue weighted by Gasteiger charge is -2.35. The molecule has 6 nitrogen and oxygen atoms in total. The molecule has 1 saturated heterocycles. The standard InChI is InChI=1S/C23H27N5O/c29-23(25-15-20-3-1-2-10-24-20)19-6-7-21-8-9-22(28(21)17-19)27-13-11-26(12-14-27)16-18-4-5-18/h1-3,6-10,17-18H,4-5,11-16H2,(H,25,29). The fourth-order valence-corrected chi connectivity index (χ4v) is 4.08. The van der Waals surface area contributed by atoms with Crippen LogP contribution in [0.1, 0.15) is 28.9 Å². The summed E-state index contributed by atoms with van der Waals surface area (Å²) in [6.07, 6.45) is 6.52. The molecule has 1 aliphatic heterocycles. The summed E-state index contributed by atoms with van der Waals surface area (Å²) in [5, 5.41) is 2.97. The molecule has 1 aliphatic carbocycles. The van der Waals surface area contributed by atoms with Crippen LogP contribution in [0.4, 0.5) is 5.82 Å². The number of fused-ring (bicyclic) bond motifs is 1. The second-order valence-corrected chi connectivity index (χ2v) is 8.14. The van der Waals surface area contributed by atoms with Crippen molar-refractivity contribution in [3.8, 4) is 0 Å². The fourth-order valence-electron chi connectivity index (χ4n) is 4.08. The first-order chi connectivity index (χ1) is 14.3. The molecule has 0 radical (unpaired) electrons. The molecule has 3 aromatic rings. The van der Waals surface area contributed by atoms with Crippen molar-refractivity contribution >= 4 is 17.2 Å². The Balaban J connectivity index is 1.28. The van der Waals surface area contributed by atoms with Crippen LogP contribution in [0.3, 0.4) is 0 Å². The Kier molecular flexibility index (Phi) is 4.94. The van der Waals surface area contributed by atoms with E-state index in [2.05, 4.69) is 36.6 Å². The maximum absolute atomic E-state index is 12.7. The smallest absolute Gasteiger partial charge is 0.253 e. The van der Waals surface area contributed by atoms with Crippen LogP contribution in [0.2, 0.25) is 0 Å². The van der Waals surface area contributed by atoms with Crippen molar-refractivity contribution in [1.82, 2.24) is 19.6 Å². The van der Waals surface area contributed by atoms with E-state index in [4.69, 9.17) is 0 Å². The lowest BCUT2D eigenvalue weighted by molar-refractivity contribution is 0.0950. The molecular formula is C23H27N5O. The van der Waals surface area contributed by atoms with Crippen molar-refractivity contribution in [2.24, 2.45) is 5.92 Å². The van der Waals surface area contributed by atoms with E-state index in [9.17, 15) is 4.79 Å². The summed E-state index contributed by atoms with van der Waals surface area (Å²) in [6.45, 7) is 6.01. The summed E-state index contributed by atoms with van der Waals surface area (Å²) in [7, 11) is 0. The van der Waals surface area contributed by atoms with Gasteiger partial charge >= 0.3 is 0 Å². The number of amides is 1. The third-order valence-corrected chi connectivity index (χ3v) is 5.96. The van der Waals surface area contributed by atoms with Crippen LogP contribution in [0.25, 0.3) is 5.52 Å². The van der Waals surface area contributed by atoms with Gasteiger partial charge in [-0.1, -0.05) is 6.07 Å². The molecule has 150 valence electrons. The number of nitrogens with zero attached hydrogens (tertiary/aromatic N) is 4. The number of anilines is 1. The SMILES string of the molecule is O=C(NCc1ccccn1)c1ccc2ccc(N3CCN(CC4CC4)CC3)n2c1. The van der Waals surface area contributed by atoms with Crippen LogP contribution in [0.15, 0.2) is 54.9 Å². The largest absolute Gasteiger partial charge is 0.355 e. The molecular weight excluding hydrogens is 362 g/mol. The van der Waals surface area contributed by atoms with Crippen molar-refractivity contribution in [3.63, 3.8) is 0 Å². The van der Waals surface area contributed by atoms with E-state index in [1.54, 1.807) is 6.20 Å². The second-order valence-electron chi connectivity index (χ2n) is 8.14. The molecule has 2 fully saturated rings. The average Bonchev–Trinajstić information content (AvgIpc) is 3.48. The maximum Gasteiger partial charge on any atom is 0.253 e. The number of piperazine rings is 1. The summed E-state index contributed by atoms with van der Waals surface area (Å²) in [5.41, 5.74) is 2.63. The number of nitrogens with one attached hydrogen (secondary N) is 1. The Hall–Kier alpha value is -2.86. The van der Waals surface area contributed by atoms with Crippen LogP contribution >= 0.6 is 0 Å². The maximum atomic E-state index is 12.7. The fraction of sp³-hybridized carbons (Fsp3) is 0.391. The van der Waals surface area contributed by atoms with Gasteiger partial charge in [-0.15, -0.1) is 0 Å². The topological polar surface area (TPSA) is 52.9 Å². The zero-order chi connectivity index (χ0) is 19.6. The normalized spacial score (nSPS) is 17.6. The molecule has 1 saturated carbocycles. The molecule has 29 heavy (non-hydrogen) atoms. The zero-order valence-corrected chi connectivity index (χ0v) is 16.6. The molecule has 6 heteroatoms. The highest BCUT2D eigenvalue weighted by atomic mass is 16.1. The Morgan fingerprint density at radius 3 is 2.62 bits per heavy atom. The number of hydrogen-bond donors (Lipinski definition) is 1. The lowest BCUT2D eigenvalue weighted by Crippen LogP contribution is -2.47. The molecule has 5 rings (SSSR count). The van der Waals surface area contributed by atoms with E-state index in [0.717, 1.165) is 43.3 Å². The van der Waals surface area contributed by atoms with Crippen molar-refractivity contribution < 1.29 is 4.79 Å². The van der Waals surface area contributed by atoms with Gasteiger partial charge in [0.15, 0.2) is 0 Å². The van der Waals surface area contributed by atoms with Gasteiger partial charge in [-0.25, -0.2) is 0 Å². The molecule has 4 heterocycles. The number of pyridine rings is 2. The summed E-state index contributed by atoms with van der Waals surface area (Å²) in [6, 6.07) is 13.9. The second kappa shape index (κ2) is 7.87. The van der Waals surface area contributed by atoms with Crippen molar-refractivity contribution in [2.75, 3.05) is 37.6 Å². The van der Waals surface area contributed by atoms with Crippen LogP contribution in [0.5, 0.6) is 0 Å². The van der Waals surface area contributed by atoms with Gasteiger partial charge in [-0.3, -0.25) is 14.7 Å². The van der Waals surface area contributed by atoms with Crippen LogP contribution in [-0.4, -0.2) is 52.9 Å². The molecule has 1 amide bonds. The summed E-state index contributed by atoms with van der Waals surface area (Å²) in [4.78, 5) is 21.9. The van der Waals surface area contributed by atoms with Gasteiger partial charge in [0, 0.05) is 50.6 Å². The number of rotatable bonds is 6. The van der Waals surface area contributed by atoms with Gasteiger partial charge in [0.1, 0.15) is 5.82 Å². The van der Waals surface area contributed by atoms with Crippen molar-refractivity contribution in [2.45, 2.75) is 19.4 Å². The highest BCUT2D eigenvalue weighted by molar-refractivity contribution is 5.94. The molecule has 0 bridgehead atoms. The number of hydrogen-bond acceptors (Lipinski definition) is 4. The molecule has 2 aliphatic rings. The summed E-state index contributed by atoms with van der Waals surface area (Å²) < 4.78 is 2.15. The Morgan fingerprint density at radius 1 is 1.03 bits per heavy atom. The molecule has 0 spiro atoms. The van der Waals surface area contributed by atoms with Crippen LogP contribution < -0.4 is 10.2 Å². The zero-order valence-electron chi connectivity index (χ0n) is 16.6.